The molecule has 38 heavy (non-hydrogen) atoms. The predicted octanol–water partition coefficient (Wildman–Crippen LogP) is 5.55. The number of hydrogen-bond acceptors (Lipinski definition) is 5. The van der Waals surface area contributed by atoms with Crippen LogP contribution in [0.15, 0.2) is 24.4 Å². The van der Waals surface area contributed by atoms with E-state index in [4.69, 9.17) is 0 Å². The molecule has 2 aromatic heterocycles. The van der Waals surface area contributed by atoms with Crippen molar-refractivity contribution < 1.29 is 31.1 Å². The Bertz CT molecular complexity index is 1270. The van der Waals surface area contributed by atoms with Crippen molar-refractivity contribution in [3.05, 3.63) is 34.9 Å². The lowest BCUT2D eigenvalue weighted by Crippen LogP contribution is -2.64. The first-order valence-corrected chi connectivity index (χ1v) is 13.7. The number of likely N-dealkylation sites (tertiary alicyclic amines) is 1. The van der Waals surface area contributed by atoms with Crippen LogP contribution in [0.25, 0.3) is 10.2 Å². The highest BCUT2D eigenvalue weighted by Crippen LogP contribution is 2.50. The predicted molar refractivity (Wildman–Crippen MR) is 132 cm³/mol. The van der Waals surface area contributed by atoms with Crippen LogP contribution in [0.3, 0.4) is 0 Å². The van der Waals surface area contributed by atoms with Crippen LogP contribution in [-0.2, 0) is 17.4 Å². The summed E-state index contributed by atoms with van der Waals surface area (Å²) in [5.41, 5.74) is -0.0972. The number of amides is 1. The van der Waals surface area contributed by atoms with Gasteiger partial charge in [-0.3, -0.25) is 4.79 Å². The molecule has 12 heteroatoms. The van der Waals surface area contributed by atoms with Crippen molar-refractivity contribution in [2.24, 2.45) is 11.3 Å². The number of hydrogen-bond donors (Lipinski definition) is 1. The van der Waals surface area contributed by atoms with Gasteiger partial charge in [0, 0.05) is 60.0 Å². The Morgan fingerprint density at radius 3 is 2.47 bits per heavy atom. The molecule has 0 aromatic carbocycles. The Morgan fingerprint density at radius 1 is 1.16 bits per heavy atom. The third-order valence-electron chi connectivity index (χ3n) is 8.71. The lowest BCUT2D eigenvalue weighted by atomic mass is 9.70. The zero-order valence-electron chi connectivity index (χ0n) is 20.6. The fraction of sp³-hybridized carbons (Fsp3) is 0.615. The second-order valence-electron chi connectivity index (χ2n) is 11.3. The minimum atomic E-state index is -4.68. The van der Waals surface area contributed by atoms with Gasteiger partial charge in [0.05, 0.1) is 23.7 Å². The van der Waals surface area contributed by atoms with Crippen molar-refractivity contribution >= 4 is 33.1 Å². The molecule has 5 nitrogen and oxygen atoms in total. The quantitative estimate of drug-likeness (QED) is 0.397. The number of pyridine rings is 1. The fourth-order valence-electron chi connectivity index (χ4n) is 6.81. The van der Waals surface area contributed by atoms with Gasteiger partial charge < -0.3 is 15.1 Å². The van der Waals surface area contributed by atoms with Crippen LogP contribution in [0.1, 0.15) is 42.5 Å². The van der Waals surface area contributed by atoms with Gasteiger partial charge in [-0.05, 0) is 38.2 Å². The van der Waals surface area contributed by atoms with Crippen LogP contribution < -0.4 is 10.2 Å². The van der Waals surface area contributed by atoms with E-state index in [0.29, 0.717) is 45.1 Å². The topological polar surface area (TPSA) is 48.5 Å². The molecule has 1 saturated carbocycles. The van der Waals surface area contributed by atoms with Crippen molar-refractivity contribution in [1.82, 2.24) is 15.2 Å². The number of thiophene rings is 1. The Hall–Kier alpha value is -2.34. The molecule has 206 valence electrons. The van der Waals surface area contributed by atoms with E-state index in [9.17, 15) is 31.1 Å². The van der Waals surface area contributed by atoms with Gasteiger partial charge in [-0.15, -0.1) is 11.3 Å². The number of rotatable bonds is 3. The number of anilines is 1. The molecular formula is C26H28F6N4OS. The molecule has 3 atom stereocenters. The van der Waals surface area contributed by atoms with E-state index in [2.05, 4.69) is 16.9 Å². The van der Waals surface area contributed by atoms with Crippen LogP contribution in [0.5, 0.6) is 0 Å². The molecule has 7 rings (SSSR count). The first-order chi connectivity index (χ1) is 17.8. The minimum Gasteiger partial charge on any atom is -0.369 e. The summed E-state index contributed by atoms with van der Waals surface area (Å²) in [6.07, 6.45) is -5.32. The number of carbonyl (C=O) groups is 1. The molecule has 0 unspecified atom stereocenters. The maximum Gasteiger partial charge on any atom is 0.419 e. The SMILES string of the molecule is C=C1C[C@@H]2CC[C@H]1[C@@H](C(=O)N1CCC3(CC1)CN(c1c(C(F)(F)F)cnc4sc(CC(F)(F)F)cc14)C3)N2. The summed E-state index contributed by atoms with van der Waals surface area (Å²) in [5, 5.41) is 3.58. The Kier molecular flexibility index (Phi) is 6.03. The van der Waals surface area contributed by atoms with Gasteiger partial charge in [0.2, 0.25) is 5.91 Å². The van der Waals surface area contributed by atoms with Crippen LogP contribution in [0, 0.1) is 11.3 Å². The zero-order valence-corrected chi connectivity index (χ0v) is 21.4. The number of nitrogens with one attached hydrogen (secondary N) is 1. The summed E-state index contributed by atoms with van der Waals surface area (Å²) in [6.45, 7) is 5.98. The maximum absolute atomic E-state index is 13.9. The second-order valence-corrected chi connectivity index (χ2v) is 12.4. The molecule has 2 aromatic rings. The monoisotopic (exact) mass is 558 g/mol. The van der Waals surface area contributed by atoms with Crippen LogP contribution in [0.2, 0.25) is 0 Å². The van der Waals surface area contributed by atoms with Crippen molar-refractivity contribution in [3.63, 3.8) is 0 Å². The van der Waals surface area contributed by atoms with E-state index in [-0.39, 0.29) is 44.1 Å². The molecule has 5 fully saturated rings. The summed E-state index contributed by atoms with van der Waals surface area (Å²) >= 11 is 0.777. The summed E-state index contributed by atoms with van der Waals surface area (Å²) in [7, 11) is 0. The largest absolute Gasteiger partial charge is 0.419 e. The molecule has 5 aliphatic rings. The maximum atomic E-state index is 13.9. The van der Waals surface area contributed by atoms with Gasteiger partial charge in [-0.2, -0.15) is 26.3 Å². The van der Waals surface area contributed by atoms with Crippen molar-refractivity contribution in [3.8, 4) is 0 Å². The van der Waals surface area contributed by atoms with Gasteiger partial charge in [0.15, 0.2) is 0 Å². The number of halogens is 6. The van der Waals surface area contributed by atoms with Crippen molar-refractivity contribution in [2.75, 3.05) is 31.1 Å². The van der Waals surface area contributed by atoms with E-state index >= 15 is 0 Å². The number of piperidine rings is 3. The average Bonchev–Trinajstić information content (AvgIpc) is 3.22. The number of aromatic nitrogens is 1. The standard InChI is InChI=1S/C26H28F6N4OS/c1-14-8-15-2-3-17(14)20(34-15)23(37)35-6-4-24(5-7-35)12-36(13-24)21-18-9-16(10-25(27,28)29)38-22(18)33-11-19(21)26(30,31)32/h9,11,15,17,20,34H,1-8,10,12-13H2/t15-,17+,20-/m0/s1. The van der Waals surface area contributed by atoms with Crippen LogP contribution >= 0.6 is 11.3 Å². The molecule has 6 heterocycles. The molecule has 1 aliphatic carbocycles. The van der Waals surface area contributed by atoms with E-state index in [1.807, 2.05) is 4.90 Å². The molecule has 4 saturated heterocycles. The first kappa shape index (κ1) is 25.9. The number of carbonyl (C=O) groups excluding carboxylic acids is 1. The van der Waals surface area contributed by atoms with Gasteiger partial charge >= 0.3 is 12.4 Å². The van der Waals surface area contributed by atoms with Crippen molar-refractivity contribution in [1.29, 1.82) is 0 Å². The summed E-state index contributed by atoms with van der Waals surface area (Å²) in [4.78, 5) is 20.7. The van der Waals surface area contributed by atoms with Crippen molar-refractivity contribution in [2.45, 2.75) is 63.0 Å². The van der Waals surface area contributed by atoms with E-state index in [0.717, 1.165) is 42.4 Å². The molecule has 1 N–H and O–H groups in total. The Morgan fingerprint density at radius 2 is 1.87 bits per heavy atom. The van der Waals surface area contributed by atoms with Crippen LogP contribution in [-0.4, -0.2) is 60.2 Å². The van der Waals surface area contributed by atoms with Gasteiger partial charge in [0.25, 0.3) is 0 Å². The van der Waals surface area contributed by atoms with E-state index < -0.39 is 24.3 Å². The molecule has 0 radical (unpaired) electrons. The Balaban J connectivity index is 1.17. The minimum absolute atomic E-state index is 0.0599. The normalized spacial score (nSPS) is 27.3. The molecule has 4 aliphatic heterocycles. The summed E-state index contributed by atoms with van der Waals surface area (Å²) in [6, 6.07) is 1.26. The second kappa shape index (κ2) is 8.84. The lowest BCUT2D eigenvalue weighted by Gasteiger charge is -2.56. The number of alkyl halides is 6. The van der Waals surface area contributed by atoms with E-state index in [1.54, 1.807) is 4.90 Å². The van der Waals surface area contributed by atoms with E-state index in [1.165, 1.54) is 6.07 Å². The highest BCUT2D eigenvalue weighted by atomic mass is 32.1. The number of nitrogens with zero attached hydrogens (tertiary/aromatic N) is 3. The van der Waals surface area contributed by atoms with Gasteiger partial charge in [-0.25, -0.2) is 4.98 Å². The third-order valence-corrected chi connectivity index (χ3v) is 9.76. The third kappa shape index (κ3) is 4.57. The molecule has 1 spiro atoms. The molecule has 1 amide bonds. The molecule has 2 bridgehead atoms. The van der Waals surface area contributed by atoms with Gasteiger partial charge in [-0.1, -0.05) is 12.2 Å². The summed E-state index contributed by atoms with van der Waals surface area (Å²) < 4.78 is 80.6. The molecular weight excluding hydrogens is 530 g/mol. The number of fused-ring (bicyclic) bond motifs is 4. The highest BCUT2D eigenvalue weighted by Gasteiger charge is 2.50. The van der Waals surface area contributed by atoms with Gasteiger partial charge in [0.1, 0.15) is 4.83 Å². The zero-order chi connectivity index (χ0) is 27.0. The lowest BCUT2D eigenvalue weighted by molar-refractivity contribution is -0.139. The van der Waals surface area contributed by atoms with Crippen LogP contribution in [0.4, 0.5) is 32.0 Å². The fourth-order valence-corrected chi connectivity index (χ4v) is 7.84. The smallest absolute Gasteiger partial charge is 0.369 e. The average molecular weight is 559 g/mol. The first-order valence-electron chi connectivity index (χ1n) is 12.8. The highest BCUT2D eigenvalue weighted by molar-refractivity contribution is 7.18. The Labute approximate surface area is 219 Å². The summed E-state index contributed by atoms with van der Waals surface area (Å²) in [5.74, 6) is 0.238.